The topological polar surface area (TPSA) is 47.7 Å². The van der Waals surface area contributed by atoms with Gasteiger partial charge in [-0.25, -0.2) is 4.99 Å². The highest BCUT2D eigenvalue weighted by molar-refractivity contribution is 6.25. The number of nitrogens with zero attached hydrogens (tertiary/aromatic N) is 4. The Morgan fingerprint density at radius 2 is 1.11 bits per heavy atom. The van der Waals surface area contributed by atoms with E-state index in [2.05, 4.69) is 241 Å². The van der Waals surface area contributed by atoms with Gasteiger partial charge in [0.15, 0.2) is 5.84 Å². The standard InChI is InChI=1S/C66H42N4O/c1-39-62-63(45-31-30-40-16-5-6-18-42(40)34-45)67-65(68-66(39,62)53-27-15-26-50-49-24-11-13-28-54(49)69(64(50)53)47-21-3-2-4-22-47)46-37-57(61-51-25-12-14-29-58(51)71-59(61)38-46)70-55-33-32-41-17-9-10-23-48(41)60(55)52-35-43-19-7-8-20-44(43)36-56(52)70/h2-39,62H,1H3. The van der Waals surface area contributed by atoms with Crippen molar-refractivity contribution in [2.24, 2.45) is 21.8 Å². The zero-order valence-corrected chi connectivity index (χ0v) is 38.7. The zero-order chi connectivity index (χ0) is 46.5. The zero-order valence-electron chi connectivity index (χ0n) is 38.7. The molecule has 5 heteroatoms. The van der Waals surface area contributed by atoms with Gasteiger partial charge in [-0.05, 0) is 104 Å². The van der Waals surface area contributed by atoms with E-state index < -0.39 is 5.54 Å². The predicted molar refractivity (Wildman–Crippen MR) is 295 cm³/mol. The van der Waals surface area contributed by atoms with E-state index >= 15 is 0 Å². The highest BCUT2D eigenvalue weighted by Crippen LogP contribution is 2.65. The van der Waals surface area contributed by atoms with Gasteiger partial charge in [-0.1, -0.05) is 171 Å². The molecule has 11 aromatic carbocycles. The molecule has 332 valence electrons. The third kappa shape index (κ3) is 5.35. The van der Waals surface area contributed by atoms with Crippen LogP contribution in [0.2, 0.25) is 0 Å². The van der Waals surface area contributed by atoms with Crippen molar-refractivity contribution in [1.82, 2.24) is 9.13 Å². The summed E-state index contributed by atoms with van der Waals surface area (Å²) in [7, 11) is 0. The molecule has 3 atom stereocenters. The third-order valence-corrected chi connectivity index (χ3v) is 16.0. The molecule has 0 saturated heterocycles. The van der Waals surface area contributed by atoms with Crippen LogP contribution in [-0.2, 0) is 5.54 Å². The number of hydrogen-bond acceptors (Lipinski definition) is 3. The molecule has 3 unspecified atom stereocenters. The third-order valence-electron chi connectivity index (χ3n) is 16.0. The first-order valence-corrected chi connectivity index (χ1v) is 24.7. The lowest BCUT2D eigenvalue weighted by atomic mass is 9.92. The summed E-state index contributed by atoms with van der Waals surface area (Å²) in [5.74, 6) is 0.883. The second-order valence-electron chi connectivity index (χ2n) is 19.7. The van der Waals surface area contributed by atoms with Gasteiger partial charge in [0.2, 0.25) is 0 Å². The lowest BCUT2D eigenvalue weighted by molar-refractivity contribution is 0.658. The summed E-state index contributed by atoms with van der Waals surface area (Å²) >= 11 is 0. The fourth-order valence-corrected chi connectivity index (χ4v) is 12.8. The number of para-hydroxylation sites is 4. The van der Waals surface area contributed by atoms with Gasteiger partial charge in [0.25, 0.3) is 0 Å². The summed E-state index contributed by atoms with van der Waals surface area (Å²) in [6.07, 6.45) is 0. The van der Waals surface area contributed by atoms with Crippen LogP contribution in [0.1, 0.15) is 23.6 Å². The first kappa shape index (κ1) is 38.9. The van der Waals surface area contributed by atoms with E-state index in [1.165, 1.54) is 70.5 Å². The van der Waals surface area contributed by atoms with Crippen molar-refractivity contribution in [1.29, 1.82) is 0 Å². The summed E-state index contributed by atoms with van der Waals surface area (Å²) in [6.45, 7) is 2.38. The van der Waals surface area contributed by atoms with Crippen molar-refractivity contribution in [3.05, 3.63) is 241 Å². The highest BCUT2D eigenvalue weighted by Gasteiger charge is 2.68. The van der Waals surface area contributed by atoms with Gasteiger partial charge in [-0.3, -0.25) is 4.99 Å². The van der Waals surface area contributed by atoms with Crippen LogP contribution in [0.3, 0.4) is 0 Å². The Balaban J connectivity index is 1.02. The molecular weight excluding hydrogens is 865 g/mol. The Morgan fingerprint density at radius 3 is 1.96 bits per heavy atom. The summed E-state index contributed by atoms with van der Waals surface area (Å²) in [5.41, 5.74) is 12.1. The van der Waals surface area contributed by atoms with Crippen molar-refractivity contribution in [3.63, 3.8) is 0 Å². The summed E-state index contributed by atoms with van der Waals surface area (Å²) < 4.78 is 11.9. The number of aliphatic imine (C=N–C) groups is 2. The van der Waals surface area contributed by atoms with E-state index in [4.69, 9.17) is 14.4 Å². The molecule has 1 saturated carbocycles. The summed E-state index contributed by atoms with van der Waals surface area (Å²) in [5, 5.41) is 14.3. The molecule has 3 aromatic heterocycles. The Hall–Kier alpha value is -9.06. The molecule has 0 spiro atoms. The van der Waals surface area contributed by atoms with Crippen molar-refractivity contribution in [2.45, 2.75) is 12.5 Å². The molecule has 0 bridgehead atoms. The minimum absolute atomic E-state index is 0.0357. The molecule has 1 aliphatic heterocycles. The molecule has 71 heavy (non-hydrogen) atoms. The maximum Gasteiger partial charge on any atom is 0.155 e. The minimum Gasteiger partial charge on any atom is -0.456 e. The van der Waals surface area contributed by atoms with Crippen LogP contribution >= 0.6 is 0 Å². The number of furan rings is 1. The Morgan fingerprint density at radius 1 is 0.437 bits per heavy atom. The van der Waals surface area contributed by atoms with Crippen LogP contribution in [0.5, 0.6) is 0 Å². The lowest BCUT2D eigenvalue weighted by Gasteiger charge is -2.24. The second kappa shape index (κ2) is 14.3. The molecule has 16 rings (SSSR count). The molecule has 1 aliphatic carbocycles. The average molecular weight is 907 g/mol. The Labute approximate surface area is 407 Å². The molecule has 0 N–H and O–H groups in total. The van der Waals surface area contributed by atoms with E-state index in [1.54, 1.807) is 0 Å². The van der Waals surface area contributed by atoms with Crippen LogP contribution in [0.25, 0.3) is 109 Å². The van der Waals surface area contributed by atoms with E-state index in [9.17, 15) is 0 Å². The van der Waals surface area contributed by atoms with E-state index in [-0.39, 0.29) is 11.8 Å². The van der Waals surface area contributed by atoms with Crippen LogP contribution in [-0.4, -0.2) is 20.7 Å². The number of benzene rings is 11. The first-order chi connectivity index (χ1) is 35.1. The van der Waals surface area contributed by atoms with Crippen molar-refractivity contribution < 1.29 is 4.42 Å². The minimum atomic E-state index is -0.619. The fourth-order valence-electron chi connectivity index (χ4n) is 12.8. The highest BCUT2D eigenvalue weighted by atomic mass is 16.3. The van der Waals surface area contributed by atoms with Crippen LogP contribution in [0, 0.1) is 11.8 Å². The number of aromatic nitrogens is 2. The molecule has 5 nitrogen and oxygen atoms in total. The van der Waals surface area contributed by atoms with Gasteiger partial charge >= 0.3 is 0 Å². The molecular formula is C66H42N4O. The van der Waals surface area contributed by atoms with Crippen molar-refractivity contribution >= 4 is 109 Å². The van der Waals surface area contributed by atoms with Gasteiger partial charge in [0.05, 0.1) is 38.9 Å². The molecule has 4 heterocycles. The predicted octanol–water partition coefficient (Wildman–Crippen LogP) is 16.7. The largest absolute Gasteiger partial charge is 0.456 e. The monoisotopic (exact) mass is 906 g/mol. The van der Waals surface area contributed by atoms with Gasteiger partial charge in [-0.2, -0.15) is 0 Å². The number of amidine groups is 1. The first-order valence-electron chi connectivity index (χ1n) is 24.7. The molecule has 0 radical (unpaired) electrons. The SMILES string of the molecule is CC1C2C(c3ccc4ccccc4c3)=NC(c3cc(-n4c5cc6ccccc6cc5c5c6ccccc6ccc54)c4c(c3)oc3ccccc34)=NC12c1cccc2c3ccccc3n(-c3ccccc3)c12. The van der Waals surface area contributed by atoms with Crippen molar-refractivity contribution in [2.75, 3.05) is 0 Å². The normalized spacial score (nSPS) is 17.9. The number of fused-ring (bicyclic) bond motifs is 14. The maximum absolute atomic E-state index is 6.95. The summed E-state index contributed by atoms with van der Waals surface area (Å²) in [4.78, 5) is 11.8. The smallest absolute Gasteiger partial charge is 0.155 e. The molecule has 2 aliphatic rings. The maximum atomic E-state index is 6.95. The molecule has 14 aromatic rings. The van der Waals surface area contributed by atoms with Crippen LogP contribution in [0.15, 0.2) is 239 Å². The van der Waals surface area contributed by atoms with Crippen LogP contribution < -0.4 is 0 Å². The van der Waals surface area contributed by atoms with Gasteiger partial charge in [0, 0.05) is 49.7 Å². The Kier molecular flexibility index (Phi) is 7.80. The summed E-state index contributed by atoms with van der Waals surface area (Å²) in [6, 6.07) is 81.7. The van der Waals surface area contributed by atoms with Crippen LogP contribution in [0.4, 0.5) is 0 Å². The van der Waals surface area contributed by atoms with Gasteiger partial charge in [0.1, 0.15) is 16.7 Å². The molecule has 1 fully saturated rings. The second-order valence-corrected chi connectivity index (χ2v) is 19.7. The van der Waals surface area contributed by atoms with E-state index in [0.717, 1.165) is 61.2 Å². The van der Waals surface area contributed by atoms with Gasteiger partial charge in [-0.15, -0.1) is 0 Å². The lowest BCUT2D eigenvalue weighted by Crippen LogP contribution is -2.23. The van der Waals surface area contributed by atoms with Gasteiger partial charge < -0.3 is 13.6 Å². The average Bonchev–Trinajstić information content (AvgIpc) is 3.69. The fraction of sp³-hybridized carbons (Fsp3) is 0.0606. The quantitative estimate of drug-likeness (QED) is 0.170. The molecule has 0 amide bonds. The van der Waals surface area contributed by atoms with E-state index in [0.29, 0.717) is 5.84 Å². The number of rotatable bonds is 5. The van der Waals surface area contributed by atoms with E-state index in [1.807, 2.05) is 0 Å². The number of hydrogen-bond donors (Lipinski definition) is 0. The Bertz CT molecular complexity index is 4680. The van der Waals surface area contributed by atoms with Crippen molar-refractivity contribution in [3.8, 4) is 11.4 Å².